The Kier molecular flexibility index (Phi) is 5.70. The molecule has 0 bridgehead atoms. The van der Waals surface area contributed by atoms with E-state index in [1.165, 1.54) is 0 Å². The first-order valence-electron chi connectivity index (χ1n) is 7.29. The number of aliphatic hydroxyl groups is 1. The molecule has 1 aliphatic rings. The smallest absolute Gasteiger partial charge is 0.203 e. The van der Waals surface area contributed by atoms with Gasteiger partial charge >= 0.3 is 0 Å². The van der Waals surface area contributed by atoms with Crippen molar-refractivity contribution in [1.82, 2.24) is 0 Å². The Morgan fingerprint density at radius 2 is 1.86 bits per heavy atom. The molecule has 1 aromatic rings. The summed E-state index contributed by atoms with van der Waals surface area (Å²) in [4.78, 5) is 0. The third-order valence-corrected chi connectivity index (χ3v) is 3.86. The average molecular weight is 296 g/mol. The maximum absolute atomic E-state index is 10.4. The zero-order valence-electron chi connectivity index (χ0n) is 12.9. The molecule has 1 saturated heterocycles. The second-order valence-corrected chi connectivity index (χ2v) is 5.19. The summed E-state index contributed by atoms with van der Waals surface area (Å²) in [5.74, 6) is 1.65. The fourth-order valence-corrected chi connectivity index (χ4v) is 2.68. The minimum absolute atomic E-state index is 0.279. The molecule has 2 unspecified atom stereocenters. The van der Waals surface area contributed by atoms with Gasteiger partial charge in [-0.2, -0.15) is 0 Å². The molecule has 1 heterocycles. The fourth-order valence-electron chi connectivity index (χ4n) is 2.68. The van der Waals surface area contributed by atoms with Crippen LogP contribution in [0.4, 0.5) is 0 Å². The number of ether oxygens (including phenoxy) is 4. The zero-order valence-corrected chi connectivity index (χ0v) is 12.9. The molecule has 0 radical (unpaired) electrons. The van der Waals surface area contributed by atoms with Gasteiger partial charge in [-0.3, -0.25) is 0 Å². The highest BCUT2D eigenvalue weighted by Crippen LogP contribution is 2.40. The first kappa shape index (κ1) is 15.9. The molecule has 21 heavy (non-hydrogen) atoms. The molecule has 0 amide bonds. The molecule has 2 rings (SSSR count). The van der Waals surface area contributed by atoms with Gasteiger partial charge in [-0.05, 0) is 43.4 Å². The van der Waals surface area contributed by atoms with Crippen LogP contribution in [-0.2, 0) is 4.74 Å². The van der Waals surface area contributed by atoms with Crippen molar-refractivity contribution < 1.29 is 24.1 Å². The summed E-state index contributed by atoms with van der Waals surface area (Å²) in [6.45, 7) is 0.838. The predicted molar refractivity (Wildman–Crippen MR) is 79.3 cm³/mol. The molecule has 1 aliphatic heterocycles. The van der Waals surface area contributed by atoms with Gasteiger partial charge in [0.05, 0.1) is 33.5 Å². The third kappa shape index (κ3) is 3.80. The van der Waals surface area contributed by atoms with Gasteiger partial charge in [0.2, 0.25) is 5.75 Å². The van der Waals surface area contributed by atoms with E-state index in [1.807, 2.05) is 0 Å². The molecular weight excluding hydrogens is 272 g/mol. The molecule has 0 saturated carbocycles. The largest absolute Gasteiger partial charge is 0.493 e. The van der Waals surface area contributed by atoms with E-state index in [0.29, 0.717) is 23.7 Å². The van der Waals surface area contributed by atoms with E-state index in [-0.39, 0.29) is 6.10 Å². The van der Waals surface area contributed by atoms with Crippen molar-refractivity contribution >= 4 is 0 Å². The van der Waals surface area contributed by atoms with Crippen LogP contribution in [-0.4, -0.2) is 39.1 Å². The summed E-state index contributed by atoms with van der Waals surface area (Å²) in [5, 5.41) is 10.4. The topological polar surface area (TPSA) is 57.2 Å². The molecule has 5 heteroatoms. The lowest BCUT2D eigenvalue weighted by molar-refractivity contribution is 0.0811. The third-order valence-electron chi connectivity index (χ3n) is 3.86. The summed E-state index contributed by atoms with van der Waals surface area (Å²) in [6.07, 6.45) is 3.43. The van der Waals surface area contributed by atoms with Crippen LogP contribution in [0.2, 0.25) is 0 Å². The Morgan fingerprint density at radius 3 is 2.33 bits per heavy atom. The monoisotopic (exact) mass is 296 g/mol. The molecule has 0 aromatic heterocycles. The Hall–Kier alpha value is -1.46. The number of methoxy groups -OCH3 is 3. The van der Waals surface area contributed by atoms with Crippen LogP contribution in [0.1, 0.15) is 37.4 Å². The van der Waals surface area contributed by atoms with E-state index in [9.17, 15) is 5.11 Å². The van der Waals surface area contributed by atoms with Gasteiger partial charge in [0.25, 0.3) is 0 Å². The van der Waals surface area contributed by atoms with Crippen LogP contribution in [0, 0.1) is 0 Å². The summed E-state index contributed by atoms with van der Waals surface area (Å²) in [7, 11) is 4.70. The van der Waals surface area contributed by atoms with Crippen molar-refractivity contribution in [2.75, 3.05) is 27.9 Å². The van der Waals surface area contributed by atoms with Gasteiger partial charge in [-0.1, -0.05) is 0 Å². The summed E-state index contributed by atoms with van der Waals surface area (Å²) in [5.41, 5.74) is 0.766. The van der Waals surface area contributed by atoms with Gasteiger partial charge in [-0.15, -0.1) is 0 Å². The highest BCUT2D eigenvalue weighted by atomic mass is 16.5. The van der Waals surface area contributed by atoms with E-state index in [4.69, 9.17) is 18.9 Å². The van der Waals surface area contributed by atoms with Gasteiger partial charge < -0.3 is 24.1 Å². The van der Waals surface area contributed by atoms with E-state index < -0.39 is 6.10 Å². The summed E-state index contributed by atoms with van der Waals surface area (Å²) >= 11 is 0. The summed E-state index contributed by atoms with van der Waals surface area (Å²) in [6, 6.07) is 3.59. The second kappa shape index (κ2) is 7.52. The highest BCUT2D eigenvalue weighted by Gasteiger charge is 2.20. The van der Waals surface area contributed by atoms with Gasteiger partial charge in [-0.25, -0.2) is 0 Å². The quantitative estimate of drug-likeness (QED) is 0.838. The van der Waals surface area contributed by atoms with Gasteiger partial charge in [0, 0.05) is 6.61 Å². The lowest BCUT2D eigenvalue weighted by Gasteiger charge is -2.18. The molecule has 0 aliphatic carbocycles. The fraction of sp³-hybridized carbons (Fsp3) is 0.625. The minimum Gasteiger partial charge on any atom is -0.493 e. The predicted octanol–water partition coefficient (Wildman–Crippen LogP) is 2.71. The van der Waals surface area contributed by atoms with Crippen LogP contribution in [0.25, 0.3) is 0 Å². The van der Waals surface area contributed by atoms with Crippen molar-refractivity contribution in [3.8, 4) is 17.2 Å². The zero-order chi connectivity index (χ0) is 15.2. The molecule has 1 fully saturated rings. The molecule has 1 aromatic carbocycles. The van der Waals surface area contributed by atoms with Crippen molar-refractivity contribution in [1.29, 1.82) is 0 Å². The van der Waals surface area contributed by atoms with E-state index >= 15 is 0 Å². The number of hydrogen-bond acceptors (Lipinski definition) is 5. The number of hydrogen-bond donors (Lipinski definition) is 1. The Bertz CT molecular complexity index is 429. The molecule has 0 spiro atoms. The lowest BCUT2D eigenvalue weighted by Crippen LogP contribution is -2.08. The van der Waals surface area contributed by atoms with Crippen molar-refractivity contribution in [2.24, 2.45) is 0 Å². The number of rotatable bonds is 7. The summed E-state index contributed by atoms with van der Waals surface area (Å²) < 4.78 is 21.5. The lowest BCUT2D eigenvalue weighted by atomic mass is 10.0. The van der Waals surface area contributed by atoms with Crippen LogP contribution in [0.5, 0.6) is 17.2 Å². The van der Waals surface area contributed by atoms with Crippen LogP contribution in [0.15, 0.2) is 12.1 Å². The van der Waals surface area contributed by atoms with Crippen LogP contribution in [0.3, 0.4) is 0 Å². The molecule has 2 atom stereocenters. The standard InChI is InChI=1S/C16H24O5/c1-18-14-9-11(10-15(19-2)16(14)20-3)13(17)7-6-12-5-4-8-21-12/h9-10,12-13,17H,4-8H2,1-3H3. The first-order valence-corrected chi connectivity index (χ1v) is 7.29. The van der Waals surface area contributed by atoms with Crippen molar-refractivity contribution in [2.45, 2.75) is 37.9 Å². The van der Waals surface area contributed by atoms with Gasteiger partial charge in [0.15, 0.2) is 11.5 Å². The first-order chi connectivity index (χ1) is 10.2. The van der Waals surface area contributed by atoms with Gasteiger partial charge in [0.1, 0.15) is 0 Å². The maximum Gasteiger partial charge on any atom is 0.203 e. The van der Waals surface area contributed by atoms with E-state index in [1.54, 1.807) is 33.5 Å². The molecule has 118 valence electrons. The molecule has 5 nitrogen and oxygen atoms in total. The number of aliphatic hydroxyl groups excluding tert-OH is 1. The van der Waals surface area contributed by atoms with E-state index in [2.05, 4.69) is 0 Å². The highest BCUT2D eigenvalue weighted by molar-refractivity contribution is 5.54. The Morgan fingerprint density at radius 1 is 1.19 bits per heavy atom. The minimum atomic E-state index is -0.567. The van der Waals surface area contributed by atoms with E-state index in [0.717, 1.165) is 31.4 Å². The normalized spacial score (nSPS) is 19.3. The Labute approximate surface area is 125 Å². The Balaban J connectivity index is 2.10. The van der Waals surface area contributed by atoms with Crippen molar-refractivity contribution in [3.63, 3.8) is 0 Å². The molecular formula is C16H24O5. The molecule has 1 N–H and O–H groups in total. The maximum atomic E-state index is 10.4. The average Bonchev–Trinajstić information content (AvgIpc) is 3.04. The van der Waals surface area contributed by atoms with Crippen molar-refractivity contribution in [3.05, 3.63) is 17.7 Å². The SMILES string of the molecule is COc1cc(C(O)CCC2CCCO2)cc(OC)c1OC. The number of benzene rings is 1. The van der Waals surface area contributed by atoms with Crippen LogP contribution >= 0.6 is 0 Å². The van der Waals surface area contributed by atoms with Crippen LogP contribution < -0.4 is 14.2 Å². The second-order valence-electron chi connectivity index (χ2n) is 5.19.